The quantitative estimate of drug-likeness (QED) is 0.620. The topological polar surface area (TPSA) is 106 Å². The lowest BCUT2D eigenvalue weighted by Crippen LogP contribution is -2.50. The fourth-order valence-electron chi connectivity index (χ4n) is 2.48. The van der Waals surface area contributed by atoms with Gasteiger partial charge < -0.3 is 10.7 Å². The van der Waals surface area contributed by atoms with E-state index in [1.807, 2.05) is 0 Å². The molecule has 3 aromatic rings. The van der Waals surface area contributed by atoms with Crippen molar-refractivity contribution in [1.82, 2.24) is 19.5 Å². The van der Waals surface area contributed by atoms with Crippen LogP contribution in [0.1, 0.15) is 6.92 Å². The molecule has 4 N–H and O–H groups in total. The van der Waals surface area contributed by atoms with Crippen LogP contribution in [-0.4, -0.2) is 35.3 Å². The second kappa shape index (κ2) is 6.00. The minimum atomic E-state index is -3.91. The summed E-state index contributed by atoms with van der Waals surface area (Å²) in [6, 6.07) is 6.11. The van der Waals surface area contributed by atoms with Crippen LogP contribution >= 0.6 is 0 Å². The highest BCUT2D eigenvalue weighted by molar-refractivity contribution is 7.89. The first-order valence-electron chi connectivity index (χ1n) is 7.30. The highest BCUT2D eigenvalue weighted by atomic mass is 32.2. The summed E-state index contributed by atoms with van der Waals surface area (Å²) in [5, 5.41) is 4.09. The minimum Gasteiger partial charge on any atom is -0.360 e. The van der Waals surface area contributed by atoms with Crippen molar-refractivity contribution in [3.05, 3.63) is 48.7 Å². The van der Waals surface area contributed by atoms with E-state index in [1.54, 1.807) is 36.1 Å². The Labute approximate surface area is 138 Å². The van der Waals surface area contributed by atoms with E-state index in [4.69, 9.17) is 5.73 Å². The molecule has 0 aliphatic carbocycles. The number of H-pyrrole nitrogens is 1. The van der Waals surface area contributed by atoms with Gasteiger partial charge in [0.15, 0.2) is 0 Å². The number of nitrogens with two attached hydrogens (primary N) is 1. The van der Waals surface area contributed by atoms with Gasteiger partial charge in [-0.2, -0.15) is 5.10 Å². The number of benzene rings is 1. The van der Waals surface area contributed by atoms with Gasteiger partial charge in [0.2, 0.25) is 10.0 Å². The standard InChI is InChI=1S/C15H18FN5O2S/c1-15(17,10-21-7-3-6-19-21)9-20-24(22,23)13-8-18-12-5-2-4-11(16)14(12)13/h2-8,18,20H,9-10,17H2,1H3. The number of hydrogen-bond donors (Lipinski definition) is 3. The molecule has 9 heteroatoms. The monoisotopic (exact) mass is 351 g/mol. The molecule has 2 aromatic heterocycles. The Balaban J connectivity index is 1.81. The van der Waals surface area contributed by atoms with Crippen LogP contribution in [0.15, 0.2) is 47.8 Å². The Hall–Kier alpha value is -2.23. The molecule has 1 unspecified atom stereocenters. The van der Waals surface area contributed by atoms with Crippen LogP contribution in [0.5, 0.6) is 0 Å². The molecule has 2 heterocycles. The lowest BCUT2D eigenvalue weighted by atomic mass is 10.1. The van der Waals surface area contributed by atoms with E-state index >= 15 is 0 Å². The van der Waals surface area contributed by atoms with Crippen molar-refractivity contribution in [3.8, 4) is 0 Å². The fourth-order valence-corrected chi connectivity index (χ4v) is 3.85. The molecular weight excluding hydrogens is 333 g/mol. The van der Waals surface area contributed by atoms with Gasteiger partial charge in [-0.3, -0.25) is 4.68 Å². The summed E-state index contributed by atoms with van der Waals surface area (Å²) in [4.78, 5) is 2.63. The van der Waals surface area contributed by atoms with E-state index in [2.05, 4.69) is 14.8 Å². The Morgan fingerprint density at radius 1 is 1.42 bits per heavy atom. The van der Waals surface area contributed by atoms with Gasteiger partial charge in [-0.05, 0) is 25.1 Å². The predicted molar refractivity (Wildman–Crippen MR) is 88.3 cm³/mol. The predicted octanol–water partition coefficient (Wildman–Crippen LogP) is 1.20. The number of rotatable bonds is 6. The highest BCUT2D eigenvalue weighted by Crippen LogP contribution is 2.25. The molecule has 0 aliphatic rings. The van der Waals surface area contributed by atoms with Gasteiger partial charge in [-0.25, -0.2) is 17.5 Å². The second-order valence-electron chi connectivity index (χ2n) is 6.00. The lowest BCUT2D eigenvalue weighted by Gasteiger charge is -2.24. The number of nitrogens with one attached hydrogen (secondary N) is 2. The van der Waals surface area contributed by atoms with Crippen LogP contribution in [0.25, 0.3) is 10.9 Å². The van der Waals surface area contributed by atoms with Crippen molar-refractivity contribution in [2.45, 2.75) is 23.9 Å². The molecule has 0 saturated carbocycles. The average molecular weight is 351 g/mol. The van der Waals surface area contributed by atoms with Gasteiger partial charge in [0.05, 0.1) is 11.9 Å². The molecule has 128 valence electrons. The number of halogens is 1. The maximum Gasteiger partial charge on any atom is 0.242 e. The largest absolute Gasteiger partial charge is 0.360 e. The maximum atomic E-state index is 14.0. The van der Waals surface area contributed by atoms with E-state index in [0.717, 1.165) is 0 Å². The summed E-state index contributed by atoms with van der Waals surface area (Å²) in [7, 11) is -3.91. The first-order chi connectivity index (χ1) is 11.3. The number of fused-ring (bicyclic) bond motifs is 1. The molecule has 0 radical (unpaired) electrons. The van der Waals surface area contributed by atoms with Crippen LogP contribution in [0.4, 0.5) is 4.39 Å². The molecule has 1 atom stereocenters. The molecule has 0 bridgehead atoms. The summed E-state index contributed by atoms with van der Waals surface area (Å²) in [5.41, 5.74) is 5.70. The molecule has 1 aromatic carbocycles. The molecule has 0 fully saturated rings. The molecule has 7 nitrogen and oxygen atoms in total. The minimum absolute atomic E-state index is 0.0175. The van der Waals surface area contributed by atoms with Crippen molar-refractivity contribution in [2.24, 2.45) is 5.73 Å². The SMILES string of the molecule is CC(N)(CNS(=O)(=O)c1c[nH]c2cccc(F)c12)Cn1cccn1. The van der Waals surface area contributed by atoms with E-state index in [-0.39, 0.29) is 16.8 Å². The van der Waals surface area contributed by atoms with Crippen molar-refractivity contribution in [3.63, 3.8) is 0 Å². The van der Waals surface area contributed by atoms with E-state index in [9.17, 15) is 12.8 Å². The third-order valence-corrected chi connectivity index (χ3v) is 5.08. The van der Waals surface area contributed by atoms with Crippen LogP contribution in [0.3, 0.4) is 0 Å². The average Bonchev–Trinajstić information content (AvgIpc) is 3.15. The summed E-state index contributed by atoms with van der Waals surface area (Å²) < 4.78 is 43.1. The van der Waals surface area contributed by atoms with Crippen LogP contribution in [-0.2, 0) is 16.6 Å². The van der Waals surface area contributed by atoms with Crippen molar-refractivity contribution in [2.75, 3.05) is 6.54 Å². The fraction of sp³-hybridized carbons (Fsp3) is 0.267. The van der Waals surface area contributed by atoms with Gasteiger partial charge in [0.1, 0.15) is 10.7 Å². The highest BCUT2D eigenvalue weighted by Gasteiger charge is 2.26. The molecule has 0 amide bonds. The van der Waals surface area contributed by atoms with Crippen molar-refractivity contribution < 1.29 is 12.8 Å². The number of hydrogen-bond acceptors (Lipinski definition) is 4. The zero-order valence-corrected chi connectivity index (χ0v) is 13.8. The number of aromatic amines is 1. The molecule has 0 spiro atoms. The van der Waals surface area contributed by atoms with Crippen molar-refractivity contribution >= 4 is 20.9 Å². The van der Waals surface area contributed by atoms with Gasteiger partial charge >= 0.3 is 0 Å². The van der Waals surface area contributed by atoms with Crippen LogP contribution in [0.2, 0.25) is 0 Å². The van der Waals surface area contributed by atoms with Crippen molar-refractivity contribution in [1.29, 1.82) is 0 Å². The molecule has 0 saturated heterocycles. The second-order valence-corrected chi connectivity index (χ2v) is 7.73. The van der Waals surface area contributed by atoms with Gasteiger partial charge in [-0.15, -0.1) is 0 Å². The maximum absolute atomic E-state index is 14.0. The summed E-state index contributed by atoms with van der Waals surface area (Å²) in [6.07, 6.45) is 4.64. The Kier molecular flexibility index (Phi) is 4.16. The summed E-state index contributed by atoms with van der Waals surface area (Å²) >= 11 is 0. The molecule has 3 rings (SSSR count). The van der Waals surface area contributed by atoms with Gasteiger partial charge in [0.25, 0.3) is 0 Å². The normalized spacial score (nSPS) is 14.8. The first kappa shape index (κ1) is 16.6. The van der Waals surface area contributed by atoms with E-state index in [1.165, 1.54) is 18.3 Å². The third-order valence-electron chi connectivity index (χ3n) is 3.66. The summed E-state index contributed by atoms with van der Waals surface area (Å²) in [6.45, 7) is 2.04. The Bertz CT molecular complexity index is 948. The molecular formula is C15H18FN5O2S. The van der Waals surface area contributed by atoms with Crippen LogP contribution < -0.4 is 10.5 Å². The van der Waals surface area contributed by atoms with Crippen LogP contribution in [0, 0.1) is 5.82 Å². The lowest BCUT2D eigenvalue weighted by molar-refractivity contribution is 0.373. The Morgan fingerprint density at radius 2 is 2.21 bits per heavy atom. The third kappa shape index (κ3) is 3.32. The zero-order chi connectivity index (χ0) is 17.4. The van der Waals surface area contributed by atoms with E-state index in [0.29, 0.717) is 12.1 Å². The Morgan fingerprint density at radius 3 is 2.92 bits per heavy atom. The summed E-state index contributed by atoms with van der Waals surface area (Å²) in [5.74, 6) is -0.596. The smallest absolute Gasteiger partial charge is 0.242 e. The van der Waals surface area contributed by atoms with Gasteiger partial charge in [-0.1, -0.05) is 6.07 Å². The first-order valence-corrected chi connectivity index (χ1v) is 8.78. The number of aromatic nitrogens is 3. The zero-order valence-electron chi connectivity index (χ0n) is 13.0. The van der Waals surface area contributed by atoms with Gasteiger partial charge in [0, 0.05) is 36.2 Å². The number of nitrogens with zero attached hydrogens (tertiary/aromatic N) is 2. The van der Waals surface area contributed by atoms with E-state index < -0.39 is 21.4 Å². The molecule has 24 heavy (non-hydrogen) atoms. The number of sulfonamides is 1. The molecule has 0 aliphatic heterocycles.